The Balaban J connectivity index is 2.13. The number of aromatic nitrogens is 1. The second-order valence-corrected chi connectivity index (χ2v) is 4.53. The number of ether oxygens (including phenoxy) is 1. The van der Waals surface area contributed by atoms with Crippen molar-refractivity contribution in [3.05, 3.63) is 46.8 Å². The first kappa shape index (κ1) is 14.1. The molecule has 5 nitrogen and oxygen atoms in total. The molecule has 0 fully saturated rings. The van der Waals surface area contributed by atoms with Gasteiger partial charge in [0, 0.05) is 6.54 Å². The number of nitrogens with zero attached hydrogens (tertiary/aromatic N) is 1. The van der Waals surface area contributed by atoms with Crippen LogP contribution in [0.15, 0.2) is 28.8 Å². The molecule has 0 spiro atoms. The van der Waals surface area contributed by atoms with Crippen molar-refractivity contribution < 1.29 is 14.1 Å². The predicted octanol–water partition coefficient (Wildman–Crippen LogP) is 2.62. The van der Waals surface area contributed by atoms with E-state index in [4.69, 9.17) is 9.26 Å². The Morgan fingerprint density at radius 2 is 2.20 bits per heavy atom. The van der Waals surface area contributed by atoms with E-state index in [2.05, 4.69) is 10.5 Å². The van der Waals surface area contributed by atoms with Crippen molar-refractivity contribution in [2.24, 2.45) is 0 Å². The summed E-state index contributed by atoms with van der Waals surface area (Å²) in [6.45, 7) is 6.42. The first-order chi connectivity index (χ1) is 9.61. The van der Waals surface area contributed by atoms with E-state index in [-0.39, 0.29) is 18.2 Å². The van der Waals surface area contributed by atoms with Gasteiger partial charge < -0.3 is 14.6 Å². The van der Waals surface area contributed by atoms with E-state index in [9.17, 15) is 4.79 Å². The van der Waals surface area contributed by atoms with Gasteiger partial charge in [0.2, 0.25) is 0 Å². The maximum atomic E-state index is 11.9. The van der Waals surface area contributed by atoms with Crippen LogP contribution in [0.3, 0.4) is 0 Å². The van der Waals surface area contributed by atoms with Gasteiger partial charge in [0.15, 0.2) is 5.69 Å². The summed E-state index contributed by atoms with van der Waals surface area (Å²) in [5.41, 5.74) is 2.09. The van der Waals surface area contributed by atoms with Crippen molar-refractivity contribution in [3.63, 3.8) is 0 Å². The largest absolute Gasteiger partial charge is 0.489 e. The zero-order valence-electron chi connectivity index (χ0n) is 11.9. The fourth-order valence-electron chi connectivity index (χ4n) is 1.84. The molecule has 1 N–H and O–H groups in total. The van der Waals surface area contributed by atoms with Crippen LogP contribution in [0, 0.1) is 13.8 Å². The lowest BCUT2D eigenvalue weighted by atomic mass is 10.2. The van der Waals surface area contributed by atoms with Crippen molar-refractivity contribution in [2.45, 2.75) is 27.4 Å². The number of benzene rings is 1. The van der Waals surface area contributed by atoms with Crippen LogP contribution in [0.2, 0.25) is 0 Å². The summed E-state index contributed by atoms with van der Waals surface area (Å²) in [5, 5.41) is 6.50. The Labute approximate surface area is 117 Å². The molecule has 1 aromatic heterocycles. The van der Waals surface area contributed by atoms with Crippen LogP contribution in [0.1, 0.15) is 34.3 Å². The van der Waals surface area contributed by atoms with E-state index >= 15 is 0 Å². The first-order valence-corrected chi connectivity index (χ1v) is 6.54. The Bertz CT molecular complexity index is 605. The molecule has 1 heterocycles. The molecule has 0 bridgehead atoms. The SMILES string of the molecule is CCNC(=O)c1noc(C)c1COc1cccc(C)c1. The number of hydrogen-bond donors (Lipinski definition) is 1. The second kappa shape index (κ2) is 6.23. The van der Waals surface area contributed by atoms with Gasteiger partial charge in [-0.05, 0) is 38.5 Å². The molecular weight excluding hydrogens is 256 g/mol. The lowest BCUT2D eigenvalue weighted by Crippen LogP contribution is -2.24. The van der Waals surface area contributed by atoms with E-state index in [0.717, 1.165) is 11.3 Å². The average molecular weight is 274 g/mol. The smallest absolute Gasteiger partial charge is 0.273 e. The van der Waals surface area contributed by atoms with Gasteiger partial charge in [0.25, 0.3) is 5.91 Å². The fourth-order valence-corrected chi connectivity index (χ4v) is 1.84. The molecule has 2 aromatic rings. The zero-order chi connectivity index (χ0) is 14.5. The van der Waals surface area contributed by atoms with Crippen molar-refractivity contribution >= 4 is 5.91 Å². The Kier molecular flexibility index (Phi) is 4.40. The zero-order valence-corrected chi connectivity index (χ0v) is 11.9. The molecule has 0 unspecified atom stereocenters. The Morgan fingerprint density at radius 3 is 2.90 bits per heavy atom. The van der Waals surface area contributed by atoms with Crippen LogP contribution in [0.5, 0.6) is 5.75 Å². The molecule has 106 valence electrons. The number of amides is 1. The molecule has 0 aliphatic carbocycles. The summed E-state index contributed by atoms with van der Waals surface area (Å²) in [5.74, 6) is 1.11. The minimum absolute atomic E-state index is 0.243. The van der Waals surface area contributed by atoms with E-state index in [1.54, 1.807) is 6.92 Å². The normalized spacial score (nSPS) is 10.3. The van der Waals surface area contributed by atoms with Crippen molar-refractivity contribution in [1.82, 2.24) is 10.5 Å². The molecule has 0 radical (unpaired) electrons. The van der Waals surface area contributed by atoms with Gasteiger partial charge in [-0.25, -0.2) is 0 Å². The van der Waals surface area contributed by atoms with Crippen LogP contribution < -0.4 is 10.1 Å². The molecule has 1 aromatic carbocycles. The minimum Gasteiger partial charge on any atom is -0.489 e. The lowest BCUT2D eigenvalue weighted by molar-refractivity contribution is 0.0944. The molecule has 0 atom stereocenters. The summed E-state index contributed by atoms with van der Waals surface area (Å²) >= 11 is 0. The molecule has 1 amide bonds. The van der Waals surface area contributed by atoms with Crippen LogP contribution in [0.4, 0.5) is 0 Å². The predicted molar refractivity (Wildman–Crippen MR) is 74.8 cm³/mol. The highest BCUT2D eigenvalue weighted by Gasteiger charge is 2.19. The summed E-state index contributed by atoms with van der Waals surface area (Å²) in [6, 6.07) is 7.74. The van der Waals surface area contributed by atoms with Crippen LogP contribution >= 0.6 is 0 Å². The number of aryl methyl sites for hydroxylation is 2. The molecule has 0 saturated carbocycles. The lowest BCUT2D eigenvalue weighted by Gasteiger charge is -2.07. The fraction of sp³-hybridized carbons (Fsp3) is 0.333. The van der Waals surface area contributed by atoms with Gasteiger partial charge in [-0.15, -0.1) is 0 Å². The number of carbonyl (C=O) groups excluding carboxylic acids is 1. The number of hydrogen-bond acceptors (Lipinski definition) is 4. The van der Waals surface area contributed by atoms with Crippen LogP contribution in [-0.2, 0) is 6.61 Å². The van der Waals surface area contributed by atoms with E-state index < -0.39 is 0 Å². The van der Waals surface area contributed by atoms with Gasteiger partial charge >= 0.3 is 0 Å². The third kappa shape index (κ3) is 3.17. The standard InChI is InChI=1S/C15H18N2O3/c1-4-16-15(18)14-13(11(3)20-17-14)9-19-12-7-5-6-10(2)8-12/h5-8H,4,9H2,1-3H3,(H,16,18). The highest BCUT2D eigenvalue weighted by atomic mass is 16.5. The third-order valence-electron chi connectivity index (χ3n) is 2.91. The van der Waals surface area contributed by atoms with Gasteiger partial charge in [-0.3, -0.25) is 4.79 Å². The first-order valence-electron chi connectivity index (χ1n) is 6.54. The highest BCUT2D eigenvalue weighted by molar-refractivity contribution is 5.93. The molecule has 0 aliphatic rings. The van der Waals surface area contributed by atoms with Gasteiger partial charge in [0.1, 0.15) is 18.1 Å². The number of nitrogens with one attached hydrogen (secondary N) is 1. The number of carbonyl (C=O) groups is 1. The monoisotopic (exact) mass is 274 g/mol. The average Bonchev–Trinajstić information content (AvgIpc) is 2.78. The second-order valence-electron chi connectivity index (χ2n) is 4.53. The van der Waals surface area contributed by atoms with Crippen LogP contribution in [-0.4, -0.2) is 17.6 Å². The molecular formula is C15H18N2O3. The van der Waals surface area contributed by atoms with E-state index in [0.29, 0.717) is 17.9 Å². The maximum Gasteiger partial charge on any atom is 0.273 e. The number of rotatable bonds is 5. The third-order valence-corrected chi connectivity index (χ3v) is 2.91. The molecule has 2 rings (SSSR count). The van der Waals surface area contributed by atoms with E-state index in [1.165, 1.54) is 0 Å². The molecule has 20 heavy (non-hydrogen) atoms. The minimum atomic E-state index is -0.243. The molecule has 0 saturated heterocycles. The summed E-state index contributed by atoms with van der Waals surface area (Å²) in [6.07, 6.45) is 0. The van der Waals surface area contributed by atoms with Gasteiger partial charge in [-0.2, -0.15) is 0 Å². The van der Waals surface area contributed by atoms with Gasteiger partial charge in [0.05, 0.1) is 5.56 Å². The maximum absolute atomic E-state index is 11.9. The highest BCUT2D eigenvalue weighted by Crippen LogP contribution is 2.18. The quantitative estimate of drug-likeness (QED) is 0.910. The Hall–Kier alpha value is -2.30. The van der Waals surface area contributed by atoms with Crippen molar-refractivity contribution in [2.75, 3.05) is 6.54 Å². The van der Waals surface area contributed by atoms with E-state index in [1.807, 2.05) is 38.1 Å². The molecule has 0 aliphatic heterocycles. The molecule has 5 heteroatoms. The summed E-state index contributed by atoms with van der Waals surface area (Å²) in [7, 11) is 0. The Morgan fingerprint density at radius 1 is 1.40 bits per heavy atom. The van der Waals surface area contributed by atoms with Crippen molar-refractivity contribution in [3.8, 4) is 5.75 Å². The summed E-state index contributed by atoms with van der Waals surface area (Å²) in [4.78, 5) is 11.9. The summed E-state index contributed by atoms with van der Waals surface area (Å²) < 4.78 is 10.8. The van der Waals surface area contributed by atoms with Crippen molar-refractivity contribution in [1.29, 1.82) is 0 Å². The van der Waals surface area contributed by atoms with Gasteiger partial charge in [-0.1, -0.05) is 17.3 Å². The van der Waals surface area contributed by atoms with Crippen LogP contribution in [0.25, 0.3) is 0 Å². The topological polar surface area (TPSA) is 64.4 Å².